The molecule has 0 aliphatic carbocycles. The Bertz CT molecular complexity index is 1050. The Morgan fingerprint density at radius 2 is 2.03 bits per heavy atom. The molecule has 0 unspecified atom stereocenters. The van der Waals surface area contributed by atoms with Crippen LogP contribution in [0.15, 0.2) is 52.9 Å². The fraction of sp³-hybridized carbons (Fsp3) is 0.348. The maximum Gasteiger partial charge on any atom is 0.287 e. The van der Waals surface area contributed by atoms with Gasteiger partial charge in [0, 0.05) is 36.0 Å². The van der Waals surface area contributed by atoms with Crippen LogP contribution in [0.3, 0.4) is 0 Å². The molecule has 0 saturated carbocycles. The lowest BCUT2D eigenvalue weighted by Crippen LogP contribution is -2.57. The fourth-order valence-corrected chi connectivity index (χ4v) is 3.63. The van der Waals surface area contributed by atoms with Gasteiger partial charge in [-0.2, -0.15) is 0 Å². The summed E-state index contributed by atoms with van der Waals surface area (Å²) in [5.41, 5.74) is 2.15. The van der Waals surface area contributed by atoms with Crippen LogP contribution in [0.2, 0.25) is 0 Å². The molecule has 1 aliphatic rings. The minimum atomic E-state index is -2.95. The minimum Gasteiger partial charge on any atom is -0.493 e. The number of hydrogen-bond donors (Lipinski definition) is 2. The molecule has 2 heterocycles. The predicted octanol–water partition coefficient (Wildman–Crippen LogP) is 4.62. The lowest BCUT2D eigenvalue weighted by molar-refractivity contribution is -0.0544. The Hall–Kier alpha value is -2.93. The van der Waals surface area contributed by atoms with Crippen LogP contribution in [-0.4, -0.2) is 37.6 Å². The Morgan fingerprint density at radius 3 is 2.83 bits per heavy atom. The summed E-state index contributed by atoms with van der Waals surface area (Å²) in [4.78, 5) is 12.6. The van der Waals surface area contributed by atoms with Crippen molar-refractivity contribution < 1.29 is 22.7 Å². The average molecular weight is 414 g/mol. The highest BCUT2D eigenvalue weighted by molar-refractivity contribution is 6.00. The third-order valence-corrected chi connectivity index (χ3v) is 5.21. The van der Waals surface area contributed by atoms with Crippen molar-refractivity contribution in [1.29, 1.82) is 0 Å². The van der Waals surface area contributed by atoms with E-state index in [9.17, 15) is 13.6 Å². The Labute approximate surface area is 173 Å². The van der Waals surface area contributed by atoms with Gasteiger partial charge >= 0.3 is 0 Å². The summed E-state index contributed by atoms with van der Waals surface area (Å²) < 4.78 is 39.9. The molecule has 1 aliphatic heterocycles. The first-order chi connectivity index (χ1) is 14.5. The second kappa shape index (κ2) is 8.44. The molecule has 4 rings (SSSR count). The van der Waals surface area contributed by atoms with Crippen LogP contribution in [0, 0.1) is 0 Å². The van der Waals surface area contributed by atoms with E-state index in [0.717, 1.165) is 28.7 Å². The van der Waals surface area contributed by atoms with Crippen molar-refractivity contribution >= 4 is 16.9 Å². The fourth-order valence-electron chi connectivity index (χ4n) is 3.63. The van der Waals surface area contributed by atoms with Gasteiger partial charge in [0.05, 0.1) is 6.61 Å². The zero-order valence-corrected chi connectivity index (χ0v) is 16.7. The monoisotopic (exact) mass is 414 g/mol. The normalized spacial score (nSPS) is 18.3. The molecule has 2 N–H and O–H groups in total. The highest BCUT2D eigenvalue weighted by atomic mass is 19.3. The second-order valence-electron chi connectivity index (χ2n) is 7.42. The zero-order chi connectivity index (χ0) is 21.1. The number of carbonyl (C=O) groups is 1. The van der Waals surface area contributed by atoms with E-state index < -0.39 is 17.9 Å². The van der Waals surface area contributed by atoms with Crippen LogP contribution in [0.5, 0.6) is 5.75 Å². The maximum atomic E-state index is 14.1. The number of fused-ring (bicyclic) bond motifs is 1. The third kappa shape index (κ3) is 4.03. The molecule has 0 spiro atoms. The summed E-state index contributed by atoms with van der Waals surface area (Å²) in [6, 6.07) is 13.5. The van der Waals surface area contributed by atoms with E-state index >= 15 is 0 Å². The number of furan rings is 1. The Balaban J connectivity index is 1.65. The number of halogens is 2. The van der Waals surface area contributed by atoms with E-state index in [1.165, 1.54) is 0 Å². The van der Waals surface area contributed by atoms with E-state index in [2.05, 4.69) is 10.6 Å². The maximum absolute atomic E-state index is 14.1. The van der Waals surface area contributed by atoms with Crippen molar-refractivity contribution in [1.82, 2.24) is 10.6 Å². The number of hydrogen-bond acceptors (Lipinski definition) is 4. The molecule has 3 aromatic rings. The number of para-hydroxylation sites is 2. The molecule has 158 valence electrons. The van der Waals surface area contributed by atoms with Crippen LogP contribution >= 0.6 is 0 Å². The molecule has 1 atom stereocenters. The lowest BCUT2D eigenvalue weighted by atomic mass is 10.0. The van der Waals surface area contributed by atoms with Crippen molar-refractivity contribution in [3.63, 3.8) is 0 Å². The molecule has 1 fully saturated rings. The number of rotatable bonds is 6. The van der Waals surface area contributed by atoms with E-state index in [0.29, 0.717) is 12.2 Å². The van der Waals surface area contributed by atoms with Gasteiger partial charge in [0.1, 0.15) is 17.4 Å². The number of alkyl halides is 2. The number of nitrogens with one attached hydrogen (secondary N) is 2. The zero-order valence-electron chi connectivity index (χ0n) is 16.7. The van der Waals surface area contributed by atoms with Gasteiger partial charge in [-0.15, -0.1) is 0 Å². The van der Waals surface area contributed by atoms with Gasteiger partial charge in [0.25, 0.3) is 11.8 Å². The van der Waals surface area contributed by atoms with Crippen LogP contribution in [0.25, 0.3) is 22.1 Å². The smallest absolute Gasteiger partial charge is 0.287 e. The average Bonchev–Trinajstić information content (AvgIpc) is 3.18. The van der Waals surface area contributed by atoms with Gasteiger partial charge in [-0.05, 0) is 18.6 Å². The third-order valence-electron chi connectivity index (χ3n) is 5.21. The highest BCUT2D eigenvalue weighted by Crippen LogP contribution is 2.36. The topological polar surface area (TPSA) is 63.5 Å². The summed E-state index contributed by atoms with van der Waals surface area (Å²) in [5, 5.41) is 6.02. The number of carbonyl (C=O) groups excluding carboxylic acids is 1. The van der Waals surface area contributed by atoms with Crippen molar-refractivity contribution in [2.24, 2.45) is 0 Å². The first-order valence-electron chi connectivity index (χ1n) is 10.1. The molecule has 7 heteroatoms. The number of benzene rings is 2. The van der Waals surface area contributed by atoms with Gasteiger partial charge in [0.2, 0.25) is 0 Å². The van der Waals surface area contributed by atoms with Crippen molar-refractivity contribution in [3.8, 4) is 16.9 Å². The van der Waals surface area contributed by atoms with Gasteiger partial charge in [0.15, 0.2) is 5.76 Å². The van der Waals surface area contributed by atoms with Crippen LogP contribution in [-0.2, 0) is 0 Å². The molecule has 1 saturated heterocycles. The molecule has 0 radical (unpaired) electrons. The highest BCUT2D eigenvalue weighted by Gasteiger charge is 2.42. The number of ether oxygens (including phenoxy) is 1. The summed E-state index contributed by atoms with van der Waals surface area (Å²) in [5.74, 6) is -2.87. The van der Waals surface area contributed by atoms with E-state index in [-0.39, 0.29) is 25.3 Å². The molecular formula is C23H24F2N2O3. The van der Waals surface area contributed by atoms with Crippen molar-refractivity contribution in [3.05, 3.63) is 54.3 Å². The summed E-state index contributed by atoms with van der Waals surface area (Å²) in [6.07, 6.45) is 0.570. The first-order valence-corrected chi connectivity index (χ1v) is 10.1. The molecule has 5 nitrogen and oxygen atoms in total. The first kappa shape index (κ1) is 20.3. The number of amides is 1. The van der Waals surface area contributed by atoms with Gasteiger partial charge in [-0.25, -0.2) is 8.78 Å². The molecular weight excluding hydrogens is 390 g/mol. The minimum absolute atomic E-state index is 0.00535. The lowest BCUT2D eigenvalue weighted by Gasteiger charge is -2.32. The van der Waals surface area contributed by atoms with E-state index in [1.54, 1.807) is 6.07 Å². The van der Waals surface area contributed by atoms with E-state index in [4.69, 9.17) is 9.15 Å². The summed E-state index contributed by atoms with van der Waals surface area (Å²) in [7, 11) is 0. The van der Waals surface area contributed by atoms with E-state index in [1.807, 2.05) is 49.4 Å². The SMILES string of the molecule is CCCOc1ccccc1-c1cccc2cc(C(=O)N[C@H]3CNCCC3(F)F)oc12. The standard InChI is InChI=1S/C23H24F2N2O3/c1-2-12-29-18-9-4-3-7-16(18)17-8-5-6-15-13-19(30-21(15)17)22(28)27-20-14-26-11-10-23(20,24)25/h3-9,13,20,26H,2,10-12,14H2,1H3,(H,27,28)/t20-/m0/s1. The van der Waals surface area contributed by atoms with Gasteiger partial charge in [-0.3, -0.25) is 4.79 Å². The summed E-state index contributed by atoms with van der Waals surface area (Å²) >= 11 is 0. The molecule has 2 aromatic carbocycles. The largest absolute Gasteiger partial charge is 0.493 e. The molecule has 0 bridgehead atoms. The number of piperidine rings is 1. The molecule has 1 amide bonds. The molecule has 1 aromatic heterocycles. The van der Waals surface area contributed by atoms with Crippen molar-refractivity contribution in [2.45, 2.75) is 31.7 Å². The van der Waals surface area contributed by atoms with Crippen LogP contribution < -0.4 is 15.4 Å². The quantitative estimate of drug-likeness (QED) is 0.618. The second-order valence-corrected chi connectivity index (χ2v) is 7.42. The van der Waals surface area contributed by atoms with Gasteiger partial charge < -0.3 is 19.8 Å². The Kier molecular flexibility index (Phi) is 5.72. The van der Waals surface area contributed by atoms with Crippen molar-refractivity contribution in [2.75, 3.05) is 19.7 Å². The Morgan fingerprint density at radius 1 is 1.23 bits per heavy atom. The predicted molar refractivity (Wildman–Crippen MR) is 111 cm³/mol. The van der Waals surface area contributed by atoms with Gasteiger partial charge in [-0.1, -0.05) is 43.3 Å². The van der Waals surface area contributed by atoms with Crippen LogP contribution in [0.1, 0.15) is 30.3 Å². The molecule has 30 heavy (non-hydrogen) atoms. The summed E-state index contributed by atoms with van der Waals surface area (Å²) in [6.45, 7) is 2.87. The van der Waals surface area contributed by atoms with Crippen LogP contribution in [0.4, 0.5) is 8.78 Å².